The first-order valence-electron chi connectivity index (χ1n) is 11.6. The molecule has 1 aromatic carbocycles. The molecule has 1 aromatic heterocycles. The minimum atomic E-state index is -1.16. The van der Waals surface area contributed by atoms with Crippen molar-refractivity contribution in [1.82, 2.24) is 19.8 Å². The second-order valence-electron chi connectivity index (χ2n) is 9.75. The fourth-order valence-corrected chi connectivity index (χ4v) is 4.45. The van der Waals surface area contributed by atoms with Crippen LogP contribution in [0.4, 0.5) is 4.79 Å². The molecule has 2 heterocycles. The van der Waals surface area contributed by atoms with E-state index in [4.69, 9.17) is 9.47 Å². The quantitative estimate of drug-likeness (QED) is 0.303. The van der Waals surface area contributed by atoms with Gasteiger partial charge in [0.05, 0.1) is 12.2 Å². The molecular weight excluding hydrogens is 436 g/mol. The van der Waals surface area contributed by atoms with E-state index in [0.29, 0.717) is 24.4 Å². The largest absolute Gasteiger partial charge is 0.446 e. The third kappa shape index (κ3) is 8.75. The summed E-state index contributed by atoms with van der Waals surface area (Å²) in [5, 5.41) is 2.75. The summed E-state index contributed by atoms with van der Waals surface area (Å²) in [7, 11) is -1.16. The van der Waals surface area contributed by atoms with Crippen LogP contribution < -0.4 is 5.32 Å². The Kier molecular flexibility index (Phi) is 9.22. The topological polar surface area (TPSA) is 85.7 Å². The van der Waals surface area contributed by atoms with E-state index in [-0.39, 0.29) is 19.4 Å². The Morgan fingerprint density at radius 3 is 2.61 bits per heavy atom. The Hall–Kier alpha value is -2.49. The molecular formula is C24H36N4O4Si. The van der Waals surface area contributed by atoms with Gasteiger partial charge in [0, 0.05) is 40.5 Å². The smallest absolute Gasteiger partial charge is 0.407 e. The summed E-state index contributed by atoms with van der Waals surface area (Å²) < 4.78 is 13.0. The van der Waals surface area contributed by atoms with Gasteiger partial charge in [-0.25, -0.2) is 9.78 Å². The monoisotopic (exact) mass is 472 g/mol. The second-order valence-corrected chi connectivity index (χ2v) is 15.4. The summed E-state index contributed by atoms with van der Waals surface area (Å²) >= 11 is 0. The van der Waals surface area contributed by atoms with Crippen LogP contribution >= 0.6 is 0 Å². The molecule has 9 heteroatoms. The van der Waals surface area contributed by atoms with Gasteiger partial charge in [0.1, 0.15) is 12.8 Å². The summed E-state index contributed by atoms with van der Waals surface area (Å²) in [6, 6.07) is 11.5. The van der Waals surface area contributed by atoms with Gasteiger partial charge in [-0.1, -0.05) is 50.0 Å². The van der Waals surface area contributed by atoms with E-state index >= 15 is 0 Å². The van der Waals surface area contributed by atoms with Crippen molar-refractivity contribution in [3.05, 3.63) is 53.6 Å². The third-order valence-corrected chi connectivity index (χ3v) is 7.36. The summed E-state index contributed by atoms with van der Waals surface area (Å²) in [6.45, 7) is 10.7. The number of hydrogen-bond acceptors (Lipinski definition) is 6. The molecule has 1 fully saturated rings. The van der Waals surface area contributed by atoms with Gasteiger partial charge >= 0.3 is 6.09 Å². The number of ether oxygens (including phenoxy) is 2. The lowest BCUT2D eigenvalue weighted by Gasteiger charge is -2.31. The Morgan fingerprint density at radius 1 is 1.21 bits per heavy atom. The number of aromatic nitrogens is 2. The zero-order valence-corrected chi connectivity index (χ0v) is 21.0. The minimum Gasteiger partial charge on any atom is -0.446 e. The maximum absolute atomic E-state index is 12.3. The zero-order chi connectivity index (χ0) is 23.7. The number of amides is 1. The van der Waals surface area contributed by atoms with Crippen molar-refractivity contribution in [2.24, 2.45) is 0 Å². The Morgan fingerprint density at radius 2 is 1.94 bits per heavy atom. The average Bonchev–Trinajstić information content (AvgIpc) is 3.19. The molecule has 1 N–H and O–H groups in total. The van der Waals surface area contributed by atoms with Crippen LogP contribution in [0.1, 0.15) is 34.7 Å². The lowest BCUT2D eigenvalue weighted by atomic mass is 10.1. The molecule has 1 amide bonds. The van der Waals surface area contributed by atoms with Crippen molar-refractivity contribution in [1.29, 1.82) is 0 Å². The second kappa shape index (κ2) is 12.1. The van der Waals surface area contributed by atoms with E-state index < -0.39 is 14.2 Å². The van der Waals surface area contributed by atoms with Crippen LogP contribution in [0.25, 0.3) is 0 Å². The molecule has 1 saturated heterocycles. The Balaban J connectivity index is 1.37. The molecule has 0 saturated carbocycles. The first-order valence-corrected chi connectivity index (χ1v) is 15.3. The molecule has 1 aliphatic heterocycles. The molecule has 3 rings (SSSR count). The van der Waals surface area contributed by atoms with Gasteiger partial charge in [0.2, 0.25) is 0 Å². The number of nitrogens with zero attached hydrogens (tertiary/aromatic N) is 3. The fourth-order valence-electron chi connectivity index (χ4n) is 3.69. The highest BCUT2D eigenvalue weighted by Gasteiger charge is 2.22. The van der Waals surface area contributed by atoms with Crippen LogP contribution in [0.3, 0.4) is 0 Å². The molecule has 1 aliphatic rings. The van der Waals surface area contributed by atoms with E-state index in [2.05, 4.69) is 59.1 Å². The molecule has 0 spiro atoms. The number of carbonyl (C=O) groups is 2. The van der Waals surface area contributed by atoms with Gasteiger partial charge in [-0.15, -0.1) is 0 Å². The van der Waals surface area contributed by atoms with Gasteiger partial charge in [-0.2, -0.15) is 0 Å². The Bertz CT molecular complexity index is 890. The van der Waals surface area contributed by atoms with Crippen molar-refractivity contribution >= 4 is 20.5 Å². The van der Waals surface area contributed by atoms with E-state index in [1.165, 1.54) is 5.56 Å². The molecule has 0 radical (unpaired) electrons. The van der Waals surface area contributed by atoms with Crippen molar-refractivity contribution < 1.29 is 19.1 Å². The van der Waals surface area contributed by atoms with Crippen molar-refractivity contribution in [2.75, 3.05) is 19.7 Å². The SMILES string of the molecule is C[Si](C)(C)CCOCn1cc(CNC(=O)OC2CCN(Cc3ccccc3)CC2)nc1C=O. The van der Waals surface area contributed by atoms with Gasteiger partial charge in [-0.3, -0.25) is 9.69 Å². The number of hydrogen-bond donors (Lipinski definition) is 1. The number of benzene rings is 1. The molecule has 8 nitrogen and oxygen atoms in total. The minimum absolute atomic E-state index is 0.0834. The maximum atomic E-state index is 12.3. The number of piperidine rings is 1. The van der Waals surface area contributed by atoms with E-state index in [0.717, 1.165) is 38.5 Å². The van der Waals surface area contributed by atoms with Crippen LogP contribution in [0.15, 0.2) is 36.5 Å². The average molecular weight is 473 g/mol. The van der Waals surface area contributed by atoms with Crippen LogP contribution in [-0.4, -0.2) is 60.7 Å². The highest BCUT2D eigenvalue weighted by atomic mass is 28.3. The normalized spacial score (nSPS) is 15.4. The lowest BCUT2D eigenvalue weighted by Crippen LogP contribution is -2.39. The summed E-state index contributed by atoms with van der Waals surface area (Å²) in [5.74, 6) is 0.291. The highest BCUT2D eigenvalue weighted by molar-refractivity contribution is 6.76. The molecule has 0 unspecified atom stereocenters. The van der Waals surface area contributed by atoms with Crippen molar-refractivity contribution in [3.63, 3.8) is 0 Å². The molecule has 33 heavy (non-hydrogen) atoms. The van der Waals surface area contributed by atoms with Gasteiger partial charge in [-0.05, 0) is 24.4 Å². The Labute approximate surface area is 197 Å². The van der Waals surface area contributed by atoms with E-state index in [1.807, 2.05) is 6.07 Å². The first-order chi connectivity index (χ1) is 15.8. The number of rotatable bonds is 11. The first kappa shape index (κ1) is 25.1. The predicted molar refractivity (Wildman–Crippen MR) is 130 cm³/mol. The van der Waals surface area contributed by atoms with Gasteiger partial charge in [0.25, 0.3) is 0 Å². The number of nitrogens with one attached hydrogen (secondary N) is 1. The number of aldehydes is 1. The molecule has 2 aromatic rings. The highest BCUT2D eigenvalue weighted by Crippen LogP contribution is 2.16. The summed E-state index contributed by atoms with van der Waals surface area (Å²) in [4.78, 5) is 30.2. The van der Waals surface area contributed by atoms with E-state index in [1.54, 1.807) is 10.8 Å². The van der Waals surface area contributed by atoms with Crippen molar-refractivity contribution in [3.8, 4) is 0 Å². The molecule has 0 bridgehead atoms. The number of carbonyl (C=O) groups excluding carboxylic acids is 2. The standard InChI is InChI=1S/C24H36N4O4Si/c1-33(2,3)14-13-31-19-28-17-21(26-23(28)18-29)15-25-24(30)32-22-9-11-27(12-10-22)16-20-7-5-4-6-8-20/h4-8,17-18,22H,9-16,19H2,1-3H3,(H,25,30). The summed E-state index contributed by atoms with van der Waals surface area (Å²) in [5.41, 5.74) is 1.89. The van der Waals surface area contributed by atoms with Crippen LogP contribution in [-0.2, 0) is 29.3 Å². The molecule has 0 atom stereocenters. The van der Waals surface area contributed by atoms with E-state index in [9.17, 15) is 9.59 Å². The maximum Gasteiger partial charge on any atom is 0.407 e. The summed E-state index contributed by atoms with van der Waals surface area (Å²) in [6.07, 6.45) is 3.54. The molecule has 180 valence electrons. The number of imidazole rings is 1. The van der Waals surface area contributed by atoms with Gasteiger partial charge < -0.3 is 19.4 Å². The lowest BCUT2D eigenvalue weighted by molar-refractivity contribution is 0.0484. The fraction of sp³-hybridized carbons (Fsp3) is 0.542. The number of likely N-dealkylation sites (tertiary alicyclic amines) is 1. The van der Waals surface area contributed by atoms with Crippen LogP contribution in [0, 0.1) is 0 Å². The molecule has 0 aliphatic carbocycles. The van der Waals surface area contributed by atoms with Crippen molar-refractivity contribution in [2.45, 2.75) is 64.5 Å². The third-order valence-electron chi connectivity index (χ3n) is 5.66. The van der Waals surface area contributed by atoms with Crippen LogP contribution in [0.5, 0.6) is 0 Å². The number of alkyl carbamates (subject to hydrolysis) is 1. The van der Waals surface area contributed by atoms with Gasteiger partial charge in [0.15, 0.2) is 12.1 Å². The zero-order valence-electron chi connectivity index (χ0n) is 20.0. The van der Waals surface area contributed by atoms with Crippen LogP contribution in [0.2, 0.25) is 25.7 Å². The predicted octanol–water partition coefficient (Wildman–Crippen LogP) is 3.90.